The zero-order valence-corrected chi connectivity index (χ0v) is 21.1. The van der Waals surface area contributed by atoms with Crippen molar-refractivity contribution in [3.8, 4) is 5.75 Å². The summed E-state index contributed by atoms with van der Waals surface area (Å²) in [5.41, 5.74) is 1.94. The van der Waals surface area contributed by atoms with Crippen molar-refractivity contribution in [2.45, 2.75) is 33.7 Å². The lowest BCUT2D eigenvalue weighted by molar-refractivity contribution is -0.140. The molecular formula is C26H33N3O6. The molecule has 1 saturated heterocycles. The number of aromatic nitrogens is 1. The van der Waals surface area contributed by atoms with Crippen LogP contribution >= 0.6 is 0 Å². The number of benzene rings is 1. The quantitative estimate of drug-likeness (QED) is 0.244. The largest absolute Gasteiger partial charge is 0.507 e. The molecule has 1 aromatic carbocycles. The van der Waals surface area contributed by atoms with E-state index in [4.69, 9.17) is 9.47 Å². The number of Topliss-reactive ketones (excluding diaryl/α,β-unsaturated/α-hetero) is 1. The molecule has 0 spiro atoms. The van der Waals surface area contributed by atoms with Crippen LogP contribution in [0.25, 0.3) is 5.76 Å². The predicted molar refractivity (Wildman–Crippen MR) is 131 cm³/mol. The molecule has 9 nitrogen and oxygen atoms in total. The smallest absolute Gasteiger partial charge is 0.354 e. The summed E-state index contributed by atoms with van der Waals surface area (Å²) in [6, 6.07) is 6.28. The van der Waals surface area contributed by atoms with Crippen LogP contribution in [0.2, 0.25) is 0 Å². The Balaban J connectivity index is 2.23. The first kappa shape index (κ1) is 26.0. The minimum absolute atomic E-state index is 0.0411. The van der Waals surface area contributed by atoms with Gasteiger partial charge in [-0.2, -0.15) is 0 Å². The molecule has 2 aromatic rings. The Morgan fingerprint density at radius 3 is 2.40 bits per heavy atom. The Bertz CT molecular complexity index is 1160. The number of ketones is 1. The van der Waals surface area contributed by atoms with Crippen molar-refractivity contribution >= 4 is 23.4 Å². The maximum absolute atomic E-state index is 13.4. The molecule has 9 heteroatoms. The number of nitrogens with zero attached hydrogens (tertiary/aromatic N) is 2. The van der Waals surface area contributed by atoms with Crippen molar-refractivity contribution in [1.82, 2.24) is 14.8 Å². The number of hydrogen-bond donors (Lipinski definition) is 2. The van der Waals surface area contributed by atoms with E-state index in [0.717, 1.165) is 13.1 Å². The second-order valence-electron chi connectivity index (χ2n) is 8.38. The van der Waals surface area contributed by atoms with Gasteiger partial charge in [-0.15, -0.1) is 0 Å². The normalized spacial score (nSPS) is 17.3. The maximum Gasteiger partial charge on any atom is 0.354 e. The van der Waals surface area contributed by atoms with E-state index in [1.807, 2.05) is 13.8 Å². The number of esters is 1. The van der Waals surface area contributed by atoms with Crippen molar-refractivity contribution in [3.05, 3.63) is 57.9 Å². The standard InChI is InChI=1S/C26H33N3O6/c1-7-28(8-2)13-14-29-22(17-11-9-10-12-18(17)34-5)20(24(31)25(29)32)23(30)19-15(3)21(26(33)35-6)27-16(19)4/h9-12,22,27,30H,7-8,13-14H2,1-6H3/b23-20-. The fourth-order valence-electron chi connectivity index (χ4n) is 4.66. The molecule has 35 heavy (non-hydrogen) atoms. The average molecular weight is 484 g/mol. The molecule has 1 aromatic heterocycles. The van der Waals surface area contributed by atoms with Gasteiger partial charge in [-0.1, -0.05) is 32.0 Å². The first-order valence-electron chi connectivity index (χ1n) is 11.6. The molecule has 3 rings (SSSR count). The van der Waals surface area contributed by atoms with Crippen LogP contribution in [0.15, 0.2) is 29.8 Å². The van der Waals surface area contributed by atoms with E-state index in [1.54, 1.807) is 38.1 Å². The molecule has 1 amide bonds. The van der Waals surface area contributed by atoms with Gasteiger partial charge < -0.3 is 29.4 Å². The number of carbonyl (C=O) groups excluding carboxylic acids is 3. The van der Waals surface area contributed by atoms with E-state index in [1.165, 1.54) is 19.1 Å². The number of methoxy groups -OCH3 is 2. The van der Waals surface area contributed by atoms with E-state index >= 15 is 0 Å². The zero-order valence-electron chi connectivity index (χ0n) is 21.1. The van der Waals surface area contributed by atoms with Crippen molar-refractivity contribution < 1.29 is 29.0 Å². The SMILES string of the molecule is CCN(CC)CCN1C(=O)C(=O)/C(=C(\O)c2c(C)[nH]c(C(=O)OC)c2C)C1c1ccccc1OC. The summed E-state index contributed by atoms with van der Waals surface area (Å²) in [4.78, 5) is 45.4. The summed E-state index contributed by atoms with van der Waals surface area (Å²) >= 11 is 0. The lowest BCUT2D eigenvalue weighted by atomic mass is 9.93. The Hall–Kier alpha value is -3.59. The number of aliphatic hydroxyl groups excluding tert-OH is 1. The minimum Gasteiger partial charge on any atom is -0.507 e. The number of aryl methyl sites for hydroxylation is 1. The van der Waals surface area contributed by atoms with Crippen LogP contribution in [0.1, 0.15) is 52.8 Å². The van der Waals surface area contributed by atoms with Crippen LogP contribution in [0, 0.1) is 13.8 Å². The summed E-state index contributed by atoms with van der Waals surface area (Å²) in [6.07, 6.45) is 0. The Kier molecular flexibility index (Phi) is 8.01. The molecular weight excluding hydrogens is 450 g/mol. The predicted octanol–water partition coefficient (Wildman–Crippen LogP) is 3.19. The summed E-state index contributed by atoms with van der Waals surface area (Å²) in [5, 5.41) is 11.5. The molecule has 0 radical (unpaired) electrons. The Labute approximate surface area is 205 Å². The molecule has 1 fully saturated rings. The summed E-state index contributed by atoms with van der Waals surface area (Å²) in [5.74, 6) is -1.90. The number of para-hydroxylation sites is 1. The van der Waals surface area contributed by atoms with Crippen molar-refractivity contribution in [1.29, 1.82) is 0 Å². The third-order valence-corrected chi connectivity index (χ3v) is 6.59. The van der Waals surface area contributed by atoms with Gasteiger partial charge in [0.1, 0.15) is 17.2 Å². The zero-order chi connectivity index (χ0) is 25.9. The third kappa shape index (κ3) is 4.68. The average Bonchev–Trinajstić information content (AvgIpc) is 3.30. The van der Waals surface area contributed by atoms with E-state index < -0.39 is 23.7 Å². The van der Waals surface area contributed by atoms with Gasteiger partial charge in [0.2, 0.25) is 0 Å². The van der Waals surface area contributed by atoms with Crippen molar-refractivity contribution in [2.75, 3.05) is 40.4 Å². The van der Waals surface area contributed by atoms with Gasteiger partial charge in [0.15, 0.2) is 0 Å². The number of H-pyrrole nitrogens is 1. The van der Waals surface area contributed by atoms with Crippen LogP contribution in [0.3, 0.4) is 0 Å². The van der Waals surface area contributed by atoms with Crippen LogP contribution in [-0.4, -0.2) is 77.9 Å². The van der Waals surface area contributed by atoms with Gasteiger partial charge in [-0.3, -0.25) is 9.59 Å². The van der Waals surface area contributed by atoms with Gasteiger partial charge in [-0.05, 0) is 38.6 Å². The molecule has 1 unspecified atom stereocenters. The lowest BCUT2D eigenvalue weighted by Gasteiger charge is -2.29. The van der Waals surface area contributed by atoms with E-state index in [-0.39, 0.29) is 17.0 Å². The van der Waals surface area contributed by atoms with Crippen molar-refractivity contribution in [3.63, 3.8) is 0 Å². The molecule has 0 bridgehead atoms. The molecule has 188 valence electrons. The second kappa shape index (κ2) is 10.8. The van der Waals surface area contributed by atoms with Gasteiger partial charge >= 0.3 is 5.97 Å². The van der Waals surface area contributed by atoms with E-state index in [0.29, 0.717) is 41.2 Å². The topological polar surface area (TPSA) is 112 Å². The van der Waals surface area contributed by atoms with Gasteiger partial charge in [-0.25, -0.2) is 4.79 Å². The van der Waals surface area contributed by atoms with Crippen LogP contribution < -0.4 is 4.74 Å². The monoisotopic (exact) mass is 483 g/mol. The number of nitrogens with one attached hydrogen (secondary N) is 1. The Morgan fingerprint density at radius 1 is 1.14 bits per heavy atom. The Morgan fingerprint density at radius 2 is 1.80 bits per heavy atom. The highest BCUT2D eigenvalue weighted by molar-refractivity contribution is 6.46. The summed E-state index contributed by atoms with van der Waals surface area (Å²) in [6.45, 7) is 9.88. The molecule has 1 aliphatic rings. The number of hydrogen-bond acceptors (Lipinski definition) is 7. The number of likely N-dealkylation sites (tertiary alicyclic amines) is 1. The third-order valence-electron chi connectivity index (χ3n) is 6.59. The fraction of sp³-hybridized carbons (Fsp3) is 0.423. The minimum atomic E-state index is -0.850. The van der Waals surface area contributed by atoms with Crippen LogP contribution in [0.5, 0.6) is 5.75 Å². The maximum atomic E-state index is 13.4. The highest BCUT2D eigenvalue weighted by Crippen LogP contribution is 2.43. The van der Waals surface area contributed by atoms with Crippen molar-refractivity contribution in [2.24, 2.45) is 0 Å². The fourth-order valence-corrected chi connectivity index (χ4v) is 4.66. The molecule has 0 aliphatic carbocycles. The van der Waals surface area contributed by atoms with Crippen LogP contribution in [-0.2, 0) is 14.3 Å². The molecule has 2 N–H and O–H groups in total. The first-order valence-corrected chi connectivity index (χ1v) is 11.6. The van der Waals surface area contributed by atoms with E-state index in [2.05, 4.69) is 9.88 Å². The summed E-state index contributed by atoms with van der Waals surface area (Å²) in [7, 11) is 2.78. The number of amides is 1. The van der Waals surface area contributed by atoms with Gasteiger partial charge in [0, 0.05) is 29.9 Å². The molecule has 1 aliphatic heterocycles. The lowest BCUT2D eigenvalue weighted by Crippen LogP contribution is -2.38. The van der Waals surface area contributed by atoms with Gasteiger partial charge in [0.05, 0.1) is 25.8 Å². The van der Waals surface area contributed by atoms with E-state index in [9.17, 15) is 19.5 Å². The highest BCUT2D eigenvalue weighted by atomic mass is 16.5. The number of ether oxygens (including phenoxy) is 2. The highest BCUT2D eigenvalue weighted by Gasteiger charge is 2.47. The number of aromatic amines is 1. The molecule has 2 heterocycles. The van der Waals surface area contributed by atoms with Gasteiger partial charge in [0.25, 0.3) is 11.7 Å². The molecule has 0 saturated carbocycles. The first-order chi connectivity index (χ1) is 16.7. The number of rotatable bonds is 9. The molecule has 1 atom stereocenters. The number of carbonyl (C=O) groups is 3. The number of likely N-dealkylation sites (N-methyl/N-ethyl adjacent to an activating group) is 1. The number of aliphatic hydroxyl groups is 1. The summed E-state index contributed by atoms with van der Waals surface area (Å²) < 4.78 is 10.4. The van der Waals surface area contributed by atoms with Crippen LogP contribution in [0.4, 0.5) is 0 Å². The second-order valence-corrected chi connectivity index (χ2v) is 8.38.